The topological polar surface area (TPSA) is 121 Å². The minimum Gasteiger partial charge on any atom is -0.341 e. The summed E-state index contributed by atoms with van der Waals surface area (Å²) in [5.74, 6) is 0.733. The molecule has 0 aliphatic heterocycles. The van der Waals surface area contributed by atoms with E-state index in [0.717, 1.165) is 24.3 Å². The van der Waals surface area contributed by atoms with Crippen molar-refractivity contribution in [2.75, 3.05) is 16.0 Å². The third kappa shape index (κ3) is 6.94. The second kappa shape index (κ2) is 11.3. The summed E-state index contributed by atoms with van der Waals surface area (Å²) in [6, 6.07) is 9.29. The van der Waals surface area contributed by atoms with E-state index < -0.39 is 42.2 Å². The number of nitrogens with one attached hydrogen (secondary N) is 3. The highest BCUT2D eigenvalue weighted by Gasteiger charge is 2.25. The van der Waals surface area contributed by atoms with Crippen LogP contribution in [0.2, 0.25) is 10.0 Å². The molecule has 0 radical (unpaired) electrons. The largest absolute Gasteiger partial charge is 0.341 e. The molecular formula is C23H17BrCl2FN3O5S2. The van der Waals surface area contributed by atoms with Gasteiger partial charge >= 0.3 is 0 Å². The van der Waals surface area contributed by atoms with E-state index in [1.807, 2.05) is 0 Å². The molecule has 0 fully saturated rings. The number of anilines is 2. The van der Waals surface area contributed by atoms with Crippen LogP contribution < -0.4 is 14.8 Å². The zero-order chi connectivity index (χ0) is 27.5. The highest BCUT2D eigenvalue weighted by atomic mass is 79.9. The number of amides is 1. The van der Waals surface area contributed by atoms with Crippen LogP contribution in [0.1, 0.15) is 15.9 Å². The number of aryl methyl sites for hydroxylation is 1. The minimum absolute atomic E-state index is 0.0219. The fourth-order valence-electron chi connectivity index (χ4n) is 3.09. The summed E-state index contributed by atoms with van der Waals surface area (Å²) in [6.45, 7) is 1.28. The number of carbonyl (C=O) groups excluding carboxylic acids is 1. The highest BCUT2D eigenvalue weighted by Crippen LogP contribution is 2.29. The average Bonchev–Trinajstić information content (AvgIpc) is 2.79. The molecule has 0 aliphatic rings. The number of terminal acetylenes is 1. The van der Waals surface area contributed by atoms with Gasteiger partial charge in [-0.1, -0.05) is 29.1 Å². The van der Waals surface area contributed by atoms with E-state index in [1.54, 1.807) is 0 Å². The molecule has 0 aliphatic carbocycles. The Bertz CT molecular complexity index is 1640. The fourth-order valence-corrected chi connectivity index (χ4v) is 6.51. The molecule has 3 aromatic carbocycles. The maximum absolute atomic E-state index is 13.8. The van der Waals surface area contributed by atoms with E-state index in [4.69, 9.17) is 29.6 Å². The lowest BCUT2D eigenvalue weighted by Gasteiger charge is -2.16. The molecule has 8 nitrogen and oxygen atoms in total. The molecule has 0 saturated heterocycles. The number of hydrogen-bond acceptors (Lipinski definition) is 5. The van der Waals surface area contributed by atoms with Crippen LogP contribution in [-0.4, -0.2) is 29.3 Å². The van der Waals surface area contributed by atoms with Crippen molar-refractivity contribution >= 4 is 76.5 Å². The lowest BCUT2D eigenvalue weighted by Crippen LogP contribution is -2.27. The molecule has 194 valence electrons. The molecule has 0 spiro atoms. The maximum Gasteiger partial charge on any atom is 0.262 e. The highest BCUT2D eigenvalue weighted by molar-refractivity contribution is 9.10. The normalized spacial score (nSPS) is 11.5. The molecule has 0 bridgehead atoms. The van der Waals surface area contributed by atoms with Crippen LogP contribution in [0.3, 0.4) is 0 Å². The van der Waals surface area contributed by atoms with Crippen LogP contribution in [-0.2, 0) is 20.0 Å². The van der Waals surface area contributed by atoms with Crippen LogP contribution in [0.4, 0.5) is 15.8 Å². The van der Waals surface area contributed by atoms with Gasteiger partial charge in [0, 0.05) is 15.7 Å². The predicted octanol–water partition coefficient (Wildman–Crippen LogP) is 5.17. The van der Waals surface area contributed by atoms with Crippen molar-refractivity contribution in [1.29, 1.82) is 0 Å². The number of rotatable bonds is 8. The first kappa shape index (κ1) is 28.7. The SMILES string of the molecule is C#CCNC(=O)c1cc(NS(=O)(=O)c2cc(Cl)cc(Cl)c2)ccc1S(=O)(=O)Nc1cc(Br)c(F)cc1C. The lowest BCUT2D eigenvalue weighted by atomic mass is 10.2. The maximum atomic E-state index is 13.8. The van der Waals surface area contributed by atoms with Gasteiger partial charge in [-0.15, -0.1) is 6.42 Å². The van der Waals surface area contributed by atoms with Crippen LogP contribution >= 0.6 is 39.1 Å². The van der Waals surface area contributed by atoms with Crippen LogP contribution in [0.5, 0.6) is 0 Å². The summed E-state index contributed by atoms with van der Waals surface area (Å²) in [5.41, 5.74) is -0.175. The van der Waals surface area contributed by atoms with Crippen molar-refractivity contribution in [3.63, 3.8) is 0 Å². The molecule has 0 heterocycles. The van der Waals surface area contributed by atoms with E-state index in [2.05, 4.69) is 36.6 Å². The molecule has 3 aromatic rings. The molecule has 0 atom stereocenters. The number of hydrogen-bond donors (Lipinski definition) is 3. The van der Waals surface area contributed by atoms with Gasteiger partial charge in [-0.05, 0) is 76.9 Å². The number of carbonyl (C=O) groups is 1. The van der Waals surface area contributed by atoms with Gasteiger partial charge < -0.3 is 5.32 Å². The Morgan fingerprint density at radius 2 is 1.65 bits per heavy atom. The number of halogens is 4. The molecule has 0 saturated carbocycles. The Hall–Kier alpha value is -2.82. The number of sulfonamides is 2. The first-order chi connectivity index (χ1) is 17.2. The van der Waals surface area contributed by atoms with Crippen molar-refractivity contribution in [2.24, 2.45) is 0 Å². The molecule has 0 aromatic heterocycles. The summed E-state index contributed by atoms with van der Waals surface area (Å²) < 4.78 is 70.6. The molecule has 0 unspecified atom stereocenters. The van der Waals surface area contributed by atoms with Crippen molar-refractivity contribution in [1.82, 2.24) is 5.32 Å². The predicted molar refractivity (Wildman–Crippen MR) is 145 cm³/mol. The van der Waals surface area contributed by atoms with Crippen molar-refractivity contribution in [3.8, 4) is 12.3 Å². The molecule has 37 heavy (non-hydrogen) atoms. The second-order valence-corrected chi connectivity index (χ2v) is 12.6. The van der Waals surface area contributed by atoms with Gasteiger partial charge in [0.25, 0.3) is 26.0 Å². The number of benzene rings is 3. The third-order valence-corrected chi connectivity index (χ3v) is 8.60. The van der Waals surface area contributed by atoms with Gasteiger partial charge in [-0.2, -0.15) is 0 Å². The zero-order valence-corrected chi connectivity index (χ0v) is 23.5. The summed E-state index contributed by atoms with van der Waals surface area (Å²) in [5, 5.41) is 2.52. The first-order valence-electron chi connectivity index (χ1n) is 10.1. The van der Waals surface area contributed by atoms with E-state index in [-0.39, 0.29) is 42.9 Å². The Morgan fingerprint density at radius 1 is 1.00 bits per heavy atom. The van der Waals surface area contributed by atoms with Crippen molar-refractivity contribution in [2.45, 2.75) is 16.7 Å². The summed E-state index contributed by atoms with van der Waals surface area (Å²) in [7, 11) is -8.63. The molecule has 14 heteroatoms. The third-order valence-electron chi connectivity index (χ3n) is 4.77. The molecule has 3 N–H and O–H groups in total. The summed E-state index contributed by atoms with van der Waals surface area (Å²) in [6.07, 6.45) is 5.18. The average molecular weight is 649 g/mol. The van der Waals surface area contributed by atoms with Gasteiger partial charge in [0.15, 0.2) is 0 Å². The smallest absolute Gasteiger partial charge is 0.262 e. The Labute approximate surface area is 231 Å². The second-order valence-electron chi connectivity index (χ2n) is 7.50. The fraction of sp³-hybridized carbons (Fsp3) is 0.0870. The summed E-state index contributed by atoms with van der Waals surface area (Å²) in [4.78, 5) is 12.1. The Kier molecular flexibility index (Phi) is 8.77. The van der Waals surface area contributed by atoms with Gasteiger partial charge in [0.1, 0.15) is 10.7 Å². The minimum atomic E-state index is -4.41. The van der Waals surface area contributed by atoms with E-state index >= 15 is 0 Å². The Balaban J connectivity index is 2.06. The van der Waals surface area contributed by atoms with E-state index in [9.17, 15) is 26.0 Å². The lowest BCUT2D eigenvalue weighted by molar-refractivity contribution is 0.0955. The molecule has 3 rings (SSSR count). The van der Waals surface area contributed by atoms with Crippen LogP contribution in [0, 0.1) is 25.1 Å². The monoisotopic (exact) mass is 647 g/mol. The van der Waals surface area contributed by atoms with Gasteiger partial charge in [-0.25, -0.2) is 21.2 Å². The standard InChI is InChI=1S/C23H17BrCl2FN3O5S2/c1-3-6-28-23(31)18-11-16(29-36(32,33)17-9-14(25)8-15(26)10-17)4-5-22(18)37(34,35)30-21-12-19(24)20(27)7-13(21)2/h1,4-5,7-12,29-30H,6H2,2H3,(H,28,31). The van der Waals surface area contributed by atoms with Gasteiger partial charge in [0.2, 0.25) is 0 Å². The van der Waals surface area contributed by atoms with Crippen molar-refractivity contribution in [3.05, 3.63) is 80.0 Å². The molecular weight excluding hydrogens is 632 g/mol. The van der Waals surface area contributed by atoms with Gasteiger partial charge in [0.05, 0.1) is 27.2 Å². The quantitative estimate of drug-likeness (QED) is 0.291. The summed E-state index contributed by atoms with van der Waals surface area (Å²) >= 11 is 14.8. The van der Waals surface area contributed by atoms with Crippen LogP contribution in [0.25, 0.3) is 0 Å². The van der Waals surface area contributed by atoms with E-state index in [0.29, 0.717) is 0 Å². The van der Waals surface area contributed by atoms with Gasteiger partial charge in [-0.3, -0.25) is 14.2 Å². The van der Waals surface area contributed by atoms with E-state index in [1.165, 1.54) is 31.2 Å². The zero-order valence-electron chi connectivity index (χ0n) is 18.8. The molecule has 1 amide bonds. The first-order valence-corrected chi connectivity index (χ1v) is 14.6. The van der Waals surface area contributed by atoms with Crippen LogP contribution in [0.15, 0.2) is 62.8 Å². The van der Waals surface area contributed by atoms with Crippen molar-refractivity contribution < 1.29 is 26.0 Å². The Morgan fingerprint density at radius 3 is 2.27 bits per heavy atom.